The minimum Gasteiger partial charge on any atom is -0.475 e. The van der Waals surface area contributed by atoms with E-state index in [1.165, 1.54) is 35.2 Å². The molecule has 3 aromatic rings. The van der Waals surface area contributed by atoms with Crippen molar-refractivity contribution in [1.82, 2.24) is 0 Å². The normalized spacial score (nSPS) is 11.3. The lowest BCUT2D eigenvalue weighted by molar-refractivity contribution is -0.193. The summed E-state index contributed by atoms with van der Waals surface area (Å²) in [7, 11) is -3.85. The number of aryl methyl sites for hydroxylation is 1. The molecule has 19 heteroatoms. The summed E-state index contributed by atoms with van der Waals surface area (Å²) in [4.78, 5) is 30.3. The summed E-state index contributed by atoms with van der Waals surface area (Å²) < 4.78 is 90.7. The Morgan fingerprint density at radius 2 is 1.40 bits per heavy atom. The van der Waals surface area contributed by atoms with Gasteiger partial charge in [-0.3, -0.25) is 10.2 Å². The van der Waals surface area contributed by atoms with Crippen LogP contribution < -0.4 is 11.5 Å². The predicted molar refractivity (Wildman–Crippen MR) is 145 cm³/mol. The molecule has 1 amide bonds. The lowest BCUT2D eigenvalue weighted by Gasteiger charge is -2.12. The van der Waals surface area contributed by atoms with Crippen molar-refractivity contribution < 1.29 is 59.4 Å². The molecule has 7 N–H and O–H groups in total. The number of hydrogen-bond donors (Lipinski definition) is 5. The van der Waals surface area contributed by atoms with Gasteiger partial charge in [0.15, 0.2) is 0 Å². The molecule has 0 saturated heterocycles. The number of amidine groups is 1. The van der Waals surface area contributed by atoms with Gasteiger partial charge in [0.2, 0.25) is 15.7 Å². The largest absolute Gasteiger partial charge is 0.490 e. The average Bonchev–Trinajstić information content (AvgIpc) is 3.34. The summed E-state index contributed by atoms with van der Waals surface area (Å²) in [6.07, 6.45) is -8.39. The number of carbonyl (C=O) groups excluding carboxylic acids is 1. The molecular formula is C24H21F6N3O7S3. The molecular weight excluding hydrogens is 652 g/mol. The van der Waals surface area contributed by atoms with E-state index in [0.717, 1.165) is 5.56 Å². The van der Waals surface area contributed by atoms with Gasteiger partial charge in [-0.05, 0) is 54.1 Å². The molecule has 10 nitrogen and oxygen atoms in total. The van der Waals surface area contributed by atoms with Crippen LogP contribution in [0.25, 0.3) is 11.1 Å². The molecule has 0 aliphatic heterocycles. The number of amides is 1. The Balaban J connectivity index is 0.000000548. The molecule has 0 unspecified atom stereocenters. The number of rotatable bonds is 6. The topological polar surface area (TPSA) is 202 Å². The molecule has 0 saturated carbocycles. The number of nitrogens with one attached hydrogen (secondary N) is 1. The number of primary amides is 1. The molecule has 0 aliphatic rings. The second-order valence-electron chi connectivity index (χ2n) is 7.88. The zero-order valence-corrected chi connectivity index (χ0v) is 24.2. The minimum atomic E-state index is -5.08. The zero-order chi connectivity index (χ0) is 33.5. The van der Waals surface area contributed by atoms with E-state index in [2.05, 4.69) is 0 Å². The molecule has 1 heterocycles. The van der Waals surface area contributed by atoms with Crippen LogP contribution in [-0.4, -0.2) is 60.9 Å². The van der Waals surface area contributed by atoms with Gasteiger partial charge < -0.3 is 21.7 Å². The highest BCUT2D eigenvalue weighted by Gasteiger charge is 2.39. The Morgan fingerprint density at radius 3 is 1.81 bits per heavy atom. The predicted octanol–water partition coefficient (Wildman–Crippen LogP) is 4.93. The van der Waals surface area contributed by atoms with E-state index in [9.17, 15) is 39.6 Å². The zero-order valence-electron chi connectivity index (χ0n) is 21.7. The number of carbonyl (C=O) groups is 3. The van der Waals surface area contributed by atoms with Crippen LogP contribution in [0.5, 0.6) is 0 Å². The van der Waals surface area contributed by atoms with Gasteiger partial charge >= 0.3 is 24.3 Å². The lowest BCUT2D eigenvalue weighted by atomic mass is 9.95. The molecule has 234 valence electrons. The van der Waals surface area contributed by atoms with Crippen molar-refractivity contribution >= 4 is 56.6 Å². The Kier molecular flexibility index (Phi) is 12.4. The van der Waals surface area contributed by atoms with Crippen LogP contribution >= 0.6 is 23.1 Å². The number of sulfone groups is 1. The van der Waals surface area contributed by atoms with Crippen LogP contribution in [0.15, 0.2) is 62.5 Å². The summed E-state index contributed by atoms with van der Waals surface area (Å²) >= 11 is 2.46. The number of alkyl halides is 6. The number of thiophene rings is 1. The first-order chi connectivity index (χ1) is 19.5. The number of thioether (sulfide) groups is 1. The summed E-state index contributed by atoms with van der Waals surface area (Å²) in [6, 6.07) is 13.1. The molecule has 1 aromatic heterocycles. The van der Waals surface area contributed by atoms with Crippen LogP contribution in [0.4, 0.5) is 26.3 Å². The summed E-state index contributed by atoms with van der Waals surface area (Å²) in [5.41, 5.74) is 13.4. The van der Waals surface area contributed by atoms with Crippen LogP contribution in [0.3, 0.4) is 0 Å². The van der Waals surface area contributed by atoms with Crippen LogP contribution in [0, 0.1) is 12.3 Å². The van der Waals surface area contributed by atoms with E-state index in [1.54, 1.807) is 36.6 Å². The van der Waals surface area contributed by atoms with E-state index in [-0.39, 0.29) is 15.6 Å². The van der Waals surface area contributed by atoms with Gasteiger partial charge in [0.25, 0.3) is 0 Å². The first kappa shape index (κ1) is 36.9. The molecule has 3 rings (SSSR count). The lowest BCUT2D eigenvalue weighted by Crippen LogP contribution is -2.21. The number of benzene rings is 2. The van der Waals surface area contributed by atoms with E-state index < -0.39 is 40.0 Å². The van der Waals surface area contributed by atoms with Crippen molar-refractivity contribution in [2.24, 2.45) is 11.5 Å². The number of aliphatic carboxylic acids is 2. The Labute approximate surface area is 247 Å². The number of carboxylic acids is 2. The van der Waals surface area contributed by atoms with Crippen LogP contribution in [0.1, 0.15) is 20.8 Å². The highest BCUT2D eigenvalue weighted by atomic mass is 32.2. The second-order valence-corrected chi connectivity index (χ2v) is 11.9. The standard InChI is InChI=1S/C20H19N3O3S3.2C2HF3O2/c1-11-5-3-8-14(19(23)24)17(11)12-6-4-7-13(9-12)29(25,26)16-10-15(18(21)22)28-20(16)27-2;2*3-2(4,5)1(6)7/h3-10H,1-2H3,(H3,21,22)(H2,23,24);2*(H,6,7). The highest BCUT2D eigenvalue weighted by molar-refractivity contribution is 8.01. The molecule has 0 aliphatic carbocycles. The van der Waals surface area contributed by atoms with Gasteiger partial charge in [-0.15, -0.1) is 23.1 Å². The molecule has 0 bridgehead atoms. The summed E-state index contributed by atoms with van der Waals surface area (Å²) in [5.74, 6) is -6.27. The summed E-state index contributed by atoms with van der Waals surface area (Å²) in [5, 5.41) is 21.9. The first-order valence-electron chi connectivity index (χ1n) is 10.9. The van der Waals surface area contributed by atoms with Crippen molar-refractivity contribution in [2.75, 3.05) is 6.26 Å². The fraction of sp³-hybridized carbons (Fsp3) is 0.167. The van der Waals surface area contributed by atoms with Gasteiger partial charge in [-0.2, -0.15) is 26.3 Å². The van der Waals surface area contributed by atoms with Crippen molar-refractivity contribution in [3.05, 3.63) is 64.5 Å². The van der Waals surface area contributed by atoms with Gasteiger partial charge in [-0.1, -0.05) is 24.3 Å². The fourth-order valence-electron chi connectivity index (χ4n) is 3.02. The first-order valence-corrected chi connectivity index (χ1v) is 14.5. The molecule has 0 spiro atoms. The third-order valence-corrected chi connectivity index (χ3v) is 9.20. The molecule has 0 atom stereocenters. The Bertz CT molecular complexity index is 1610. The van der Waals surface area contributed by atoms with E-state index in [1.807, 2.05) is 13.0 Å². The smallest absolute Gasteiger partial charge is 0.475 e. The fourth-order valence-corrected chi connectivity index (χ4v) is 6.92. The third kappa shape index (κ3) is 10.00. The minimum absolute atomic E-state index is 0.0943. The Hall–Kier alpha value is -4.10. The molecule has 2 aromatic carbocycles. The molecule has 0 radical (unpaired) electrons. The number of hydrogen-bond acceptors (Lipinski definition) is 8. The number of nitrogens with two attached hydrogens (primary N) is 2. The van der Waals surface area contributed by atoms with Crippen molar-refractivity contribution in [1.29, 1.82) is 5.41 Å². The monoisotopic (exact) mass is 673 g/mol. The quantitative estimate of drug-likeness (QED) is 0.104. The van der Waals surface area contributed by atoms with Crippen molar-refractivity contribution in [2.45, 2.75) is 33.3 Å². The maximum Gasteiger partial charge on any atom is 0.490 e. The van der Waals surface area contributed by atoms with Gasteiger partial charge in [0.1, 0.15) is 5.84 Å². The SMILES string of the molecule is CSc1sc(C(=N)N)cc1S(=O)(=O)c1cccc(-c2c(C)cccc2C(N)=O)c1.O=C(O)C(F)(F)F.O=C(O)C(F)(F)F. The van der Waals surface area contributed by atoms with Crippen molar-refractivity contribution in [3.8, 4) is 11.1 Å². The van der Waals surface area contributed by atoms with Crippen LogP contribution in [0.2, 0.25) is 0 Å². The van der Waals surface area contributed by atoms with Crippen molar-refractivity contribution in [3.63, 3.8) is 0 Å². The number of carboxylic acid groups (broad SMARTS) is 2. The van der Waals surface area contributed by atoms with E-state index in [0.29, 0.717) is 25.8 Å². The maximum absolute atomic E-state index is 13.3. The summed E-state index contributed by atoms with van der Waals surface area (Å²) in [6.45, 7) is 1.84. The molecule has 0 fully saturated rings. The average molecular weight is 674 g/mol. The number of halogens is 6. The maximum atomic E-state index is 13.3. The van der Waals surface area contributed by atoms with Gasteiger partial charge in [-0.25, -0.2) is 18.0 Å². The van der Waals surface area contributed by atoms with Gasteiger partial charge in [0, 0.05) is 5.56 Å². The second kappa shape index (κ2) is 14.4. The Morgan fingerprint density at radius 1 is 0.907 bits per heavy atom. The third-order valence-electron chi connectivity index (χ3n) is 4.86. The van der Waals surface area contributed by atoms with Gasteiger partial charge in [0.05, 0.1) is 18.9 Å². The van der Waals surface area contributed by atoms with E-state index in [4.69, 9.17) is 36.7 Å². The number of nitrogen functional groups attached to an aromatic ring is 1. The van der Waals surface area contributed by atoms with E-state index >= 15 is 0 Å². The highest BCUT2D eigenvalue weighted by Crippen LogP contribution is 2.38. The molecule has 43 heavy (non-hydrogen) atoms. The van der Waals surface area contributed by atoms with Crippen LogP contribution in [-0.2, 0) is 19.4 Å².